The van der Waals surface area contributed by atoms with Crippen LogP contribution in [0, 0.1) is 0 Å². The number of sulfonamides is 1. The van der Waals surface area contributed by atoms with Crippen LogP contribution in [0.25, 0.3) is 0 Å². The van der Waals surface area contributed by atoms with Crippen LogP contribution in [0.1, 0.15) is 0 Å². The summed E-state index contributed by atoms with van der Waals surface area (Å²) in [7, 11) is -3.71. The summed E-state index contributed by atoms with van der Waals surface area (Å²) < 4.78 is 32.3. The van der Waals surface area contributed by atoms with Crippen LogP contribution in [0.5, 0.6) is 5.75 Å². The fourth-order valence-electron chi connectivity index (χ4n) is 2.82. The van der Waals surface area contributed by atoms with Gasteiger partial charge in [0.05, 0.1) is 15.1 Å². The Bertz CT molecular complexity index is 956. The molecule has 0 spiro atoms. The maximum Gasteiger partial charge on any atom is 0.260 e. The molecule has 1 saturated heterocycles. The van der Waals surface area contributed by atoms with Crippen LogP contribution < -0.4 is 4.74 Å². The van der Waals surface area contributed by atoms with Crippen LogP contribution in [0.15, 0.2) is 47.4 Å². The summed E-state index contributed by atoms with van der Waals surface area (Å²) in [6.07, 6.45) is 0. The molecule has 6 nitrogen and oxygen atoms in total. The number of ether oxygens (including phenoxy) is 1. The van der Waals surface area contributed by atoms with Gasteiger partial charge in [0.1, 0.15) is 4.90 Å². The fourth-order valence-corrected chi connectivity index (χ4v) is 5.24. The van der Waals surface area contributed by atoms with Crippen molar-refractivity contribution in [2.45, 2.75) is 4.90 Å². The average molecular weight is 464 g/mol. The van der Waals surface area contributed by atoms with Gasteiger partial charge in [0, 0.05) is 26.2 Å². The summed E-state index contributed by atoms with van der Waals surface area (Å²) in [5.74, 6) is -0.0232. The van der Waals surface area contributed by atoms with Gasteiger partial charge in [-0.3, -0.25) is 4.79 Å². The van der Waals surface area contributed by atoms with Crippen LogP contribution >= 0.6 is 34.8 Å². The van der Waals surface area contributed by atoms with Crippen LogP contribution in [-0.4, -0.2) is 56.3 Å². The van der Waals surface area contributed by atoms with Crippen molar-refractivity contribution in [2.24, 2.45) is 0 Å². The molecular formula is C18H17Cl3N2O4S. The van der Waals surface area contributed by atoms with Crippen LogP contribution in [0.3, 0.4) is 0 Å². The van der Waals surface area contributed by atoms with E-state index in [1.165, 1.54) is 16.4 Å². The van der Waals surface area contributed by atoms with Gasteiger partial charge < -0.3 is 9.64 Å². The molecule has 1 fully saturated rings. The molecule has 28 heavy (non-hydrogen) atoms. The molecule has 0 aliphatic carbocycles. The maximum absolute atomic E-state index is 12.8. The minimum Gasteiger partial charge on any atom is -0.481 e. The third-order valence-corrected chi connectivity index (χ3v) is 7.30. The summed E-state index contributed by atoms with van der Waals surface area (Å²) in [5.41, 5.74) is 0. The van der Waals surface area contributed by atoms with Crippen molar-refractivity contribution in [3.05, 3.63) is 57.5 Å². The summed E-state index contributed by atoms with van der Waals surface area (Å²) in [6, 6.07) is 11.2. The topological polar surface area (TPSA) is 66.9 Å². The first-order valence-electron chi connectivity index (χ1n) is 8.40. The quantitative estimate of drug-likeness (QED) is 0.680. The first-order valence-corrected chi connectivity index (χ1v) is 11.0. The highest BCUT2D eigenvalue weighted by molar-refractivity contribution is 7.89. The zero-order chi connectivity index (χ0) is 20.3. The number of piperazine rings is 1. The molecule has 10 heteroatoms. The largest absolute Gasteiger partial charge is 0.481 e. The van der Waals surface area contributed by atoms with Gasteiger partial charge in [0.2, 0.25) is 10.0 Å². The van der Waals surface area contributed by atoms with Crippen molar-refractivity contribution in [1.29, 1.82) is 0 Å². The molecule has 1 aliphatic rings. The standard InChI is InChI=1S/C18H17Cl3N2O4S/c19-13-4-1-2-7-16(13)28(25,26)23-10-8-22(9-11-23)17(24)12-27-18-14(20)5-3-6-15(18)21/h1-7H,8-12H2. The lowest BCUT2D eigenvalue weighted by molar-refractivity contribution is -0.134. The molecule has 0 saturated carbocycles. The average Bonchev–Trinajstić information content (AvgIpc) is 2.67. The molecule has 3 rings (SSSR count). The van der Waals surface area contributed by atoms with Crippen molar-refractivity contribution in [1.82, 2.24) is 9.21 Å². The third-order valence-electron chi connectivity index (χ3n) is 4.30. The number of halogens is 3. The number of hydrogen-bond acceptors (Lipinski definition) is 4. The molecular weight excluding hydrogens is 447 g/mol. The minimum atomic E-state index is -3.71. The highest BCUT2D eigenvalue weighted by Crippen LogP contribution is 2.32. The Morgan fingerprint density at radius 1 is 0.893 bits per heavy atom. The molecule has 2 aromatic rings. The molecule has 1 amide bonds. The second kappa shape index (κ2) is 8.88. The van der Waals surface area contributed by atoms with Gasteiger partial charge in [-0.05, 0) is 24.3 Å². The lowest BCUT2D eigenvalue weighted by Crippen LogP contribution is -2.51. The Kier molecular flexibility index (Phi) is 6.73. The van der Waals surface area contributed by atoms with E-state index in [9.17, 15) is 13.2 Å². The molecule has 0 bridgehead atoms. The number of rotatable bonds is 5. The predicted octanol–water partition coefficient (Wildman–Crippen LogP) is 3.56. The number of carbonyl (C=O) groups is 1. The van der Waals surface area contributed by atoms with Gasteiger partial charge in [-0.25, -0.2) is 8.42 Å². The zero-order valence-electron chi connectivity index (χ0n) is 14.6. The minimum absolute atomic E-state index is 0.0631. The van der Waals surface area contributed by atoms with Gasteiger partial charge in [-0.15, -0.1) is 0 Å². The van der Waals surface area contributed by atoms with E-state index in [2.05, 4.69) is 0 Å². The van der Waals surface area contributed by atoms with Crippen LogP contribution in [0.4, 0.5) is 0 Å². The number of benzene rings is 2. The Balaban J connectivity index is 1.59. The number of carbonyl (C=O) groups excluding carboxylic acids is 1. The molecule has 0 radical (unpaired) electrons. The van der Waals surface area contributed by atoms with Crippen molar-refractivity contribution < 1.29 is 17.9 Å². The zero-order valence-corrected chi connectivity index (χ0v) is 17.7. The van der Waals surface area contributed by atoms with Crippen molar-refractivity contribution in [2.75, 3.05) is 32.8 Å². The van der Waals surface area contributed by atoms with Gasteiger partial charge >= 0.3 is 0 Å². The Hall–Kier alpha value is -1.51. The number of nitrogens with zero attached hydrogens (tertiary/aromatic N) is 2. The Morgan fingerprint density at radius 3 is 2.07 bits per heavy atom. The van der Waals surface area contributed by atoms with E-state index in [4.69, 9.17) is 39.5 Å². The van der Waals surface area contributed by atoms with E-state index in [1.807, 2.05) is 0 Å². The van der Waals surface area contributed by atoms with Gasteiger partial charge in [0.15, 0.2) is 12.4 Å². The summed E-state index contributed by atoms with van der Waals surface area (Å²) in [6.45, 7) is 0.614. The van der Waals surface area contributed by atoms with Crippen LogP contribution in [0.2, 0.25) is 15.1 Å². The molecule has 0 aromatic heterocycles. The lowest BCUT2D eigenvalue weighted by Gasteiger charge is -2.34. The normalized spacial score (nSPS) is 15.5. The molecule has 0 N–H and O–H groups in total. The van der Waals surface area contributed by atoms with E-state index in [0.29, 0.717) is 10.0 Å². The molecule has 2 aromatic carbocycles. The first-order chi connectivity index (χ1) is 13.3. The monoisotopic (exact) mass is 462 g/mol. The summed E-state index contributed by atoms with van der Waals surface area (Å²) in [4.78, 5) is 14.0. The van der Waals surface area contributed by atoms with Gasteiger partial charge in [0.25, 0.3) is 5.91 Å². The second-order valence-electron chi connectivity index (χ2n) is 6.05. The van der Waals surface area contributed by atoms with E-state index in [-0.39, 0.29) is 54.4 Å². The fraction of sp³-hybridized carbons (Fsp3) is 0.278. The van der Waals surface area contributed by atoms with Gasteiger partial charge in [-0.1, -0.05) is 53.0 Å². The number of para-hydroxylation sites is 1. The third kappa shape index (κ3) is 4.55. The second-order valence-corrected chi connectivity index (χ2v) is 9.18. The molecule has 0 atom stereocenters. The molecule has 1 aliphatic heterocycles. The first kappa shape index (κ1) is 21.2. The molecule has 150 valence electrons. The molecule has 1 heterocycles. The van der Waals surface area contributed by atoms with Crippen molar-refractivity contribution in [3.63, 3.8) is 0 Å². The summed E-state index contributed by atoms with van der Waals surface area (Å²) >= 11 is 18.1. The maximum atomic E-state index is 12.8. The van der Waals surface area contributed by atoms with E-state index in [0.717, 1.165) is 0 Å². The summed E-state index contributed by atoms with van der Waals surface area (Å²) in [5, 5.41) is 0.804. The lowest BCUT2D eigenvalue weighted by atomic mass is 10.3. The van der Waals surface area contributed by atoms with Crippen LogP contribution in [-0.2, 0) is 14.8 Å². The van der Waals surface area contributed by atoms with E-state index >= 15 is 0 Å². The molecule has 0 unspecified atom stereocenters. The smallest absolute Gasteiger partial charge is 0.260 e. The van der Waals surface area contributed by atoms with E-state index in [1.54, 1.807) is 35.2 Å². The van der Waals surface area contributed by atoms with E-state index < -0.39 is 10.0 Å². The predicted molar refractivity (Wildman–Crippen MR) is 109 cm³/mol. The Morgan fingerprint density at radius 2 is 1.46 bits per heavy atom. The van der Waals surface area contributed by atoms with Crippen molar-refractivity contribution >= 4 is 50.7 Å². The Labute approximate surface area is 178 Å². The SMILES string of the molecule is O=C(COc1c(Cl)cccc1Cl)N1CCN(S(=O)(=O)c2ccccc2Cl)CC1. The highest BCUT2D eigenvalue weighted by atomic mass is 35.5. The van der Waals surface area contributed by atoms with Crippen molar-refractivity contribution in [3.8, 4) is 5.75 Å². The number of hydrogen-bond donors (Lipinski definition) is 0. The highest BCUT2D eigenvalue weighted by Gasteiger charge is 2.31. The number of amides is 1. The van der Waals surface area contributed by atoms with Gasteiger partial charge in [-0.2, -0.15) is 4.31 Å².